The number of carbonyl (C=O) groups is 1. The van der Waals surface area contributed by atoms with Gasteiger partial charge in [-0.05, 0) is 49.3 Å². The van der Waals surface area contributed by atoms with Crippen LogP contribution in [0.1, 0.15) is 38.1 Å². The highest BCUT2D eigenvalue weighted by Crippen LogP contribution is 2.30. The molecule has 0 saturated heterocycles. The third-order valence-corrected chi connectivity index (χ3v) is 6.66. The Balaban J connectivity index is 1.82. The Morgan fingerprint density at radius 1 is 1.29 bits per heavy atom. The number of carbonyl (C=O) groups excluding carboxylic acids is 1. The van der Waals surface area contributed by atoms with Crippen LogP contribution in [-0.2, 0) is 21.2 Å². The van der Waals surface area contributed by atoms with E-state index >= 15 is 0 Å². The molecule has 1 amide bonds. The van der Waals surface area contributed by atoms with E-state index in [0.29, 0.717) is 12.2 Å². The average molecular weight is 406 g/mol. The molecule has 152 valence electrons. The van der Waals surface area contributed by atoms with Gasteiger partial charge in [-0.1, -0.05) is 19.9 Å². The molecule has 0 radical (unpaired) electrons. The van der Waals surface area contributed by atoms with Crippen LogP contribution in [0.2, 0.25) is 0 Å². The van der Waals surface area contributed by atoms with Gasteiger partial charge >= 0.3 is 0 Å². The van der Waals surface area contributed by atoms with Crippen molar-refractivity contribution in [3.05, 3.63) is 47.9 Å². The minimum absolute atomic E-state index is 0.0827. The molecule has 1 N–H and O–H groups in total. The molecule has 2 aromatic rings. The highest BCUT2D eigenvalue weighted by atomic mass is 32.2. The molecule has 1 aromatic heterocycles. The molecule has 0 aliphatic carbocycles. The Hall–Kier alpha value is -2.16. The molecule has 1 unspecified atom stereocenters. The van der Waals surface area contributed by atoms with E-state index in [1.165, 1.54) is 6.92 Å². The van der Waals surface area contributed by atoms with Gasteiger partial charge in [-0.3, -0.25) is 9.69 Å². The largest absolute Gasteiger partial charge is 0.468 e. The minimum Gasteiger partial charge on any atom is -0.468 e. The second-order valence-corrected chi connectivity index (χ2v) is 8.58. The van der Waals surface area contributed by atoms with E-state index in [0.717, 1.165) is 30.8 Å². The lowest BCUT2D eigenvalue weighted by molar-refractivity contribution is -0.116. The zero-order valence-electron chi connectivity index (χ0n) is 16.5. The van der Waals surface area contributed by atoms with Crippen molar-refractivity contribution in [1.29, 1.82) is 0 Å². The number of likely N-dealkylation sites (N-methyl/N-ethyl adjacent to an activating group) is 1. The topological polar surface area (TPSA) is 82.9 Å². The van der Waals surface area contributed by atoms with Crippen LogP contribution in [0.25, 0.3) is 0 Å². The predicted octanol–water partition coefficient (Wildman–Crippen LogP) is 2.55. The number of rotatable bonds is 8. The molecule has 7 nitrogen and oxygen atoms in total. The first-order valence-electron chi connectivity index (χ1n) is 9.55. The van der Waals surface area contributed by atoms with Gasteiger partial charge in [0.05, 0.1) is 17.2 Å². The molecule has 8 heteroatoms. The Bertz CT molecular complexity index is 921. The number of sulfonamides is 1. The molecular weight excluding hydrogens is 378 g/mol. The fraction of sp³-hybridized carbons (Fsp3) is 0.450. The quantitative estimate of drug-likeness (QED) is 0.730. The number of fused-ring (bicyclic) bond motifs is 1. The first kappa shape index (κ1) is 20.6. The summed E-state index contributed by atoms with van der Waals surface area (Å²) in [5.41, 5.74) is 1.67. The molecule has 1 aliphatic heterocycles. The summed E-state index contributed by atoms with van der Waals surface area (Å²) in [6.07, 6.45) is 2.34. The number of anilines is 1. The maximum Gasteiger partial charge on any atom is 0.240 e. The third kappa shape index (κ3) is 4.14. The van der Waals surface area contributed by atoms with Crippen LogP contribution in [0.3, 0.4) is 0 Å². The third-order valence-electron chi connectivity index (χ3n) is 5.23. The number of hydrogen-bond donors (Lipinski definition) is 1. The molecule has 0 fully saturated rings. The average Bonchev–Trinajstić information content (AvgIpc) is 3.34. The zero-order valence-corrected chi connectivity index (χ0v) is 17.3. The van der Waals surface area contributed by atoms with Crippen molar-refractivity contribution in [2.75, 3.05) is 31.1 Å². The summed E-state index contributed by atoms with van der Waals surface area (Å²) in [5.74, 6) is 0.642. The van der Waals surface area contributed by atoms with Gasteiger partial charge in [-0.15, -0.1) is 0 Å². The highest BCUT2D eigenvalue weighted by molar-refractivity contribution is 7.89. The van der Waals surface area contributed by atoms with Gasteiger partial charge in [0.2, 0.25) is 15.9 Å². The summed E-state index contributed by atoms with van der Waals surface area (Å²) < 4.78 is 34.1. The molecule has 0 bridgehead atoms. The Morgan fingerprint density at radius 2 is 2.04 bits per heavy atom. The summed E-state index contributed by atoms with van der Waals surface area (Å²) in [5, 5.41) is 0. The van der Waals surface area contributed by atoms with E-state index in [1.54, 1.807) is 35.4 Å². The molecule has 0 spiro atoms. The molecule has 2 heterocycles. The van der Waals surface area contributed by atoms with Gasteiger partial charge in [0, 0.05) is 25.7 Å². The Kier molecular flexibility index (Phi) is 6.22. The first-order valence-corrected chi connectivity index (χ1v) is 11.0. The van der Waals surface area contributed by atoms with E-state index in [9.17, 15) is 13.2 Å². The van der Waals surface area contributed by atoms with Crippen molar-refractivity contribution < 1.29 is 17.6 Å². The fourth-order valence-electron chi connectivity index (χ4n) is 3.68. The standard InChI is InChI=1S/C20H27N3O4S/c1-4-22(5-2)19(20-7-6-12-27-20)14-21-28(25,26)17-9-8-16-10-11-23(15(3)24)18(16)13-17/h6-9,12-13,19,21H,4-5,10-11,14H2,1-3H3. The maximum atomic E-state index is 12.9. The molecule has 3 rings (SSSR count). The predicted molar refractivity (Wildman–Crippen MR) is 108 cm³/mol. The van der Waals surface area contributed by atoms with Gasteiger partial charge < -0.3 is 9.32 Å². The summed E-state index contributed by atoms with van der Waals surface area (Å²) in [6.45, 7) is 7.89. The van der Waals surface area contributed by atoms with Gasteiger partial charge in [-0.2, -0.15) is 0 Å². The van der Waals surface area contributed by atoms with E-state index in [-0.39, 0.29) is 23.4 Å². The molecule has 28 heavy (non-hydrogen) atoms. The van der Waals surface area contributed by atoms with Crippen LogP contribution in [0.5, 0.6) is 0 Å². The van der Waals surface area contributed by atoms with Crippen LogP contribution in [0.4, 0.5) is 5.69 Å². The van der Waals surface area contributed by atoms with Crippen LogP contribution in [0.15, 0.2) is 45.9 Å². The van der Waals surface area contributed by atoms with Crippen LogP contribution in [0, 0.1) is 0 Å². The molecule has 1 atom stereocenters. The molecule has 1 aromatic carbocycles. The van der Waals surface area contributed by atoms with E-state index < -0.39 is 10.0 Å². The van der Waals surface area contributed by atoms with Crippen molar-refractivity contribution in [3.8, 4) is 0 Å². The number of amides is 1. The number of hydrogen-bond acceptors (Lipinski definition) is 5. The normalized spacial score (nSPS) is 15.1. The summed E-state index contributed by atoms with van der Waals surface area (Å²) >= 11 is 0. The van der Waals surface area contributed by atoms with E-state index in [4.69, 9.17) is 4.42 Å². The SMILES string of the molecule is CCN(CC)C(CNS(=O)(=O)c1ccc2c(c1)N(C(C)=O)CC2)c1ccco1. The van der Waals surface area contributed by atoms with Gasteiger partial charge in [-0.25, -0.2) is 13.1 Å². The molecule has 0 saturated carbocycles. The lowest BCUT2D eigenvalue weighted by atomic mass is 10.2. The Morgan fingerprint density at radius 3 is 2.64 bits per heavy atom. The van der Waals surface area contributed by atoms with E-state index in [1.807, 2.05) is 19.9 Å². The van der Waals surface area contributed by atoms with Gasteiger partial charge in [0.25, 0.3) is 0 Å². The lowest BCUT2D eigenvalue weighted by Gasteiger charge is -2.28. The van der Waals surface area contributed by atoms with Crippen LogP contribution >= 0.6 is 0 Å². The van der Waals surface area contributed by atoms with Crippen molar-refractivity contribution in [3.63, 3.8) is 0 Å². The smallest absolute Gasteiger partial charge is 0.240 e. The second kappa shape index (κ2) is 8.46. The lowest BCUT2D eigenvalue weighted by Crippen LogP contribution is -2.38. The van der Waals surface area contributed by atoms with Crippen molar-refractivity contribution in [2.45, 2.75) is 38.1 Å². The summed E-state index contributed by atoms with van der Waals surface area (Å²) in [4.78, 5) is 15.7. The number of nitrogens with zero attached hydrogens (tertiary/aromatic N) is 2. The second-order valence-electron chi connectivity index (χ2n) is 6.82. The highest BCUT2D eigenvalue weighted by Gasteiger charge is 2.27. The molecule has 1 aliphatic rings. The van der Waals surface area contributed by atoms with Crippen molar-refractivity contribution in [1.82, 2.24) is 9.62 Å². The maximum absolute atomic E-state index is 12.9. The first-order chi connectivity index (χ1) is 13.4. The number of benzene rings is 1. The van der Waals surface area contributed by atoms with Crippen LogP contribution in [-0.4, -0.2) is 45.4 Å². The van der Waals surface area contributed by atoms with Crippen molar-refractivity contribution >= 4 is 21.6 Å². The minimum atomic E-state index is -3.72. The number of nitrogens with one attached hydrogen (secondary N) is 1. The number of furan rings is 1. The van der Waals surface area contributed by atoms with Gasteiger partial charge in [0.1, 0.15) is 5.76 Å². The monoisotopic (exact) mass is 405 g/mol. The fourth-order valence-corrected chi connectivity index (χ4v) is 4.74. The molecular formula is C20H27N3O4S. The summed E-state index contributed by atoms with van der Waals surface area (Å²) in [6, 6.07) is 8.45. The Labute approximate surface area is 166 Å². The van der Waals surface area contributed by atoms with Crippen LogP contribution < -0.4 is 9.62 Å². The zero-order chi connectivity index (χ0) is 20.3. The van der Waals surface area contributed by atoms with Gasteiger partial charge in [0.15, 0.2) is 0 Å². The van der Waals surface area contributed by atoms with E-state index in [2.05, 4.69) is 9.62 Å². The van der Waals surface area contributed by atoms with Crippen molar-refractivity contribution in [2.24, 2.45) is 0 Å². The summed E-state index contributed by atoms with van der Waals surface area (Å²) in [7, 11) is -3.72.